The number of carboxylic acid groups (broad SMARTS) is 1. The Morgan fingerprint density at radius 2 is 1.71 bits per heavy atom. The summed E-state index contributed by atoms with van der Waals surface area (Å²) in [5, 5.41) is 17.3. The summed E-state index contributed by atoms with van der Waals surface area (Å²) in [7, 11) is 0. The van der Waals surface area contributed by atoms with Gasteiger partial charge in [0.25, 0.3) is 5.91 Å². The fourth-order valence-corrected chi connectivity index (χ4v) is 2.27. The number of hydrogen-bond donors (Lipinski definition) is 4. The third-order valence-electron chi connectivity index (χ3n) is 3.74. The zero-order valence-electron chi connectivity index (χ0n) is 15.4. The van der Waals surface area contributed by atoms with Gasteiger partial charge in [0.1, 0.15) is 5.82 Å². The first-order chi connectivity index (χ1) is 13.3. The molecular formula is C20H20N4O4. The van der Waals surface area contributed by atoms with E-state index < -0.39 is 5.97 Å². The number of carboxylic acids is 1. The number of aromatic carboxylic acids is 1. The maximum absolute atomic E-state index is 12.1. The highest BCUT2D eigenvalue weighted by Gasteiger charge is 2.13. The topological polar surface area (TPSA) is 138 Å². The molecule has 0 aliphatic heterocycles. The van der Waals surface area contributed by atoms with Crippen LogP contribution in [0.2, 0.25) is 0 Å². The van der Waals surface area contributed by atoms with Crippen LogP contribution in [0.5, 0.6) is 0 Å². The van der Waals surface area contributed by atoms with E-state index in [1.165, 1.54) is 6.07 Å². The summed E-state index contributed by atoms with van der Waals surface area (Å²) >= 11 is 0. The summed E-state index contributed by atoms with van der Waals surface area (Å²) in [4.78, 5) is 33.2. The van der Waals surface area contributed by atoms with Gasteiger partial charge in [-0.25, -0.2) is 4.79 Å². The Balaban J connectivity index is 0.000000261. The fourth-order valence-electron chi connectivity index (χ4n) is 2.27. The van der Waals surface area contributed by atoms with Crippen molar-refractivity contribution in [1.82, 2.24) is 10.2 Å². The molecule has 0 saturated carbocycles. The SMILES string of the molecule is Cc1ccc(C)c(C(=O)Nc2cc(C(=O)O)n[nH]2)c1.NC(=O)c1ccccc1. The Morgan fingerprint density at radius 3 is 2.25 bits per heavy atom. The van der Waals surface area contributed by atoms with Crippen molar-refractivity contribution in [3.05, 3.63) is 82.5 Å². The molecule has 0 saturated heterocycles. The molecule has 0 atom stereocenters. The lowest BCUT2D eigenvalue weighted by Gasteiger charge is -2.06. The minimum atomic E-state index is -1.15. The Bertz CT molecular complexity index is 996. The number of anilines is 1. The lowest BCUT2D eigenvalue weighted by atomic mass is 10.1. The molecule has 1 heterocycles. The van der Waals surface area contributed by atoms with E-state index in [0.717, 1.165) is 11.1 Å². The number of carbonyl (C=O) groups is 3. The van der Waals surface area contributed by atoms with Crippen molar-refractivity contribution >= 4 is 23.6 Å². The van der Waals surface area contributed by atoms with Crippen molar-refractivity contribution in [3.63, 3.8) is 0 Å². The van der Waals surface area contributed by atoms with Crippen LogP contribution in [0.25, 0.3) is 0 Å². The first-order valence-electron chi connectivity index (χ1n) is 8.30. The van der Waals surface area contributed by atoms with Crippen molar-refractivity contribution in [3.8, 4) is 0 Å². The highest BCUT2D eigenvalue weighted by molar-refractivity contribution is 6.05. The minimum absolute atomic E-state index is 0.142. The molecule has 5 N–H and O–H groups in total. The van der Waals surface area contributed by atoms with Crippen molar-refractivity contribution in [2.75, 3.05) is 5.32 Å². The van der Waals surface area contributed by atoms with Gasteiger partial charge in [-0.2, -0.15) is 5.10 Å². The summed E-state index contributed by atoms with van der Waals surface area (Å²) in [5.74, 6) is -1.58. The van der Waals surface area contributed by atoms with E-state index in [2.05, 4.69) is 15.5 Å². The van der Waals surface area contributed by atoms with Crippen molar-refractivity contribution in [2.24, 2.45) is 5.73 Å². The predicted molar refractivity (Wildman–Crippen MR) is 104 cm³/mol. The van der Waals surface area contributed by atoms with Crippen LogP contribution in [0.1, 0.15) is 42.3 Å². The molecule has 28 heavy (non-hydrogen) atoms. The number of nitrogens with one attached hydrogen (secondary N) is 2. The number of nitrogens with zero attached hydrogens (tertiary/aromatic N) is 1. The predicted octanol–water partition coefficient (Wildman–Crippen LogP) is 2.76. The van der Waals surface area contributed by atoms with Crippen molar-refractivity contribution in [1.29, 1.82) is 0 Å². The van der Waals surface area contributed by atoms with Gasteiger partial charge in [-0.15, -0.1) is 0 Å². The molecule has 1 aromatic heterocycles. The largest absolute Gasteiger partial charge is 0.476 e. The smallest absolute Gasteiger partial charge is 0.356 e. The average Bonchev–Trinajstić information content (AvgIpc) is 3.13. The van der Waals surface area contributed by atoms with Gasteiger partial charge in [-0.3, -0.25) is 14.7 Å². The number of aromatic nitrogens is 2. The van der Waals surface area contributed by atoms with Crippen LogP contribution >= 0.6 is 0 Å². The molecule has 3 aromatic rings. The molecule has 8 nitrogen and oxygen atoms in total. The number of rotatable bonds is 4. The number of benzene rings is 2. The zero-order valence-corrected chi connectivity index (χ0v) is 15.4. The molecule has 8 heteroatoms. The molecule has 0 bridgehead atoms. The first-order valence-corrected chi connectivity index (χ1v) is 8.30. The fraction of sp³-hybridized carbons (Fsp3) is 0.100. The summed E-state index contributed by atoms with van der Waals surface area (Å²) < 4.78 is 0. The van der Waals surface area contributed by atoms with Gasteiger partial charge in [0.05, 0.1) is 0 Å². The van der Waals surface area contributed by atoms with Crippen molar-refractivity contribution in [2.45, 2.75) is 13.8 Å². The summed E-state index contributed by atoms with van der Waals surface area (Å²) in [6.45, 7) is 3.74. The molecule has 0 aliphatic carbocycles. The van der Waals surface area contributed by atoms with E-state index in [4.69, 9.17) is 10.8 Å². The van der Waals surface area contributed by atoms with Crippen LogP contribution in [-0.4, -0.2) is 33.1 Å². The van der Waals surface area contributed by atoms with Gasteiger partial charge in [0, 0.05) is 17.2 Å². The van der Waals surface area contributed by atoms with Gasteiger partial charge < -0.3 is 16.2 Å². The molecule has 0 fully saturated rings. The molecule has 0 spiro atoms. The second kappa shape index (κ2) is 9.13. The van der Waals surface area contributed by atoms with Gasteiger partial charge >= 0.3 is 5.97 Å². The van der Waals surface area contributed by atoms with Crippen LogP contribution in [0.15, 0.2) is 54.6 Å². The summed E-state index contributed by atoms with van der Waals surface area (Å²) in [5.41, 5.74) is 7.76. The summed E-state index contributed by atoms with van der Waals surface area (Å²) in [6, 6.07) is 15.6. The monoisotopic (exact) mass is 380 g/mol. The van der Waals surface area contributed by atoms with Crippen LogP contribution in [0, 0.1) is 13.8 Å². The molecule has 2 aromatic carbocycles. The number of primary amides is 1. The number of aryl methyl sites for hydroxylation is 2. The van der Waals surface area contributed by atoms with Gasteiger partial charge in [-0.05, 0) is 37.6 Å². The third kappa shape index (κ3) is 5.53. The summed E-state index contributed by atoms with van der Waals surface area (Å²) in [6.07, 6.45) is 0. The number of carbonyl (C=O) groups excluding carboxylic acids is 2. The molecule has 0 radical (unpaired) electrons. The van der Waals surface area contributed by atoms with Crippen molar-refractivity contribution < 1.29 is 19.5 Å². The zero-order chi connectivity index (χ0) is 20.7. The van der Waals surface area contributed by atoms with Crippen LogP contribution in [0.3, 0.4) is 0 Å². The number of amides is 2. The highest BCUT2D eigenvalue weighted by Crippen LogP contribution is 2.13. The van der Waals surface area contributed by atoms with E-state index in [1.807, 2.05) is 32.0 Å². The molecule has 0 unspecified atom stereocenters. The Kier molecular flexibility index (Phi) is 6.64. The minimum Gasteiger partial charge on any atom is -0.476 e. The van der Waals surface area contributed by atoms with E-state index in [1.54, 1.807) is 30.3 Å². The lowest BCUT2D eigenvalue weighted by molar-refractivity contribution is 0.0690. The average molecular weight is 380 g/mol. The van der Waals surface area contributed by atoms with Crippen LogP contribution < -0.4 is 11.1 Å². The Morgan fingerprint density at radius 1 is 1.04 bits per heavy atom. The molecular weight excluding hydrogens is 360 g/mol. The van der Waals surface area contributed by atoms with Crippen LogP contribution in [0.4, 0.5) is 5.82 Å². The van der Waals surface area contributed by atoms with E-state index in [9.17, 15) is 14.4 Å². The second-order valence-corrected chi connectivity index (χ2v) is 5.97. The van der Waals surface area contributed by atoms with E-state index in [0.29, 0.717) is 11.1 Å². The third-order valence-corrected chi connectivity index (χ3v) is 3.74. The molecule has 2 amide bonds. The van der Waals surface area contributed by atoms with Crippen LogP contribution in [-0.2, 0) is 0 Å². The lowest BCUT2D eigenvalue weighted by Crippen LogP contribution is -2.13. The number of nitrogens with two attached hydrogens (primary N) is 1. The maximum atomic E-state index is 12.1. The first kappa shape index (κ1) is 20.4. The second-order valence-electron chi connectivity index (χ2n) is 5.97. The molecule has 0 aliphatic rings. The standard InChI is InChI=1S/C13H13N3O3.C7H7NO/c1-7-3-4-8(2)9(5-7)12(17)14-11-6-10(13(18)19)15-16-11;8-7(9)6-4-2-1-3-5-6/h3-6H,1-2H3,(H,18,19)(H2,14,15,16,17);1-5H,(H2,8,9). The highest BCUT2D eigenvalue weighted by atomic mass is 16.4. The number of hydrogen-bond acceptors (Lipinski definition) is 4. The van der Waals surface area contributed by atoms with Gasteiger partial charge in [0.2, 0.25) is 5.91 Å². The van der Waals surface area contributed by atoms with E-state index >= 15 is 0 Å². The Labute approximate surface area is 161 Å². The Hall–Kier alpha value is -3.94. The number of H-pyrrole nitrogens is 1. The van der Waals surface area contributed by atoms with Gasteiger partial charge in [0.15, 0.2) is 5.69 Å². The molecule has 144 valence electrons. The maximum Gasteiger partial charge on any atom is 0.356 e. The van der Waals surface area contributed by atoms with Gasteiger partial charge in [-0.1, -0.05) is 35.9 Å². The quantitative estimate of drug-likeness (QED) is 0.551. The van der Waals surface area contributed by atoms with E-state index in [-0.39, 0.29) is 23.3 Å². The molecule has 3 rings (SSSR count). The number of aromatic amines is 1. The normalized spacial score (nSPS) is 9.79.